The minimum absolute atomic E-state index is 0.0175. The molecule has 12 heteroatoms. The zero-order valence-electron chi connectivity index (χ0n) is 17.3. The monoisotopic (exact) mass is 448 g/mol. The van der Waals surface area contributed by atoms with Gasteiger partial charge in [-0.15, -0.1) is 0 Å². The second-order valence-corrected chi connectivity index (χ2v) is 6.92. The second-order valence-electron chi connectivity index (χ2n) is 6.92. The van der Waals surface area contributed by atoms with E-state index in [1.165, 1.54) is 17.2 Å². The Morgan fingerprint density at radius 2 is 2.12 bits per heavy atom. The van der Waals surface area contributed by atoms with Crippen LogP contribution in [-0.4, -0.2) is 63.2 Å². The van der Waals surface area contributed by atoms with Gasteiger partial charge in [-0.1, -0.05) is 6.08 Å². The van der Waals surface area contributed by atoms with Crippen LogP contribution in [0.5, 0.6) is 0 Å². The third-order valence-electron chi connectivity index (χ3n) is 4.68. The van der Waals surface area contributed by atoms with Crippen LogP contribution in [-0.2, 0) is 4.74 Å². The number of aromatic nitrogens is 5. The number of nitrogens with one attached hydrogen (secondary N) is 2. The number of morpholine rings is 1. The molecule has 0 saturated carbocycles. The van der Waals surface area contributed by atoms with E-state index in [1.807, 2.05) is 11.8 Å². The first kappa shape index (κ1) is 23.0. The summed E-state index contributed by atoms with van der Waals surface area (Å²) in [6.45, 7) is 3.57. The minimum atomic E-state index is -4.66. The van der Waals surface area contributed by atoms with Gasteiger partial charge in [0.15, 0.2) is 5.82 Å². The van der Waals surface area contributed by atoms with Crippen LogP contribution in [0.1, 0.15) is 12.5 Å². The van der Waals surface area contributed by atoms with E-state index in [1.54, 1.807) is 24.4 Å². The fraction of sp³-hybridized carbons (Fsp3) is 0.300. The summed E-state index contributed by atoms with van der Waals surface area (Å²) >= 11 is 0. The highest BCUT2D eigenvalue weighted by atomic mass is 19.4. The van der Waals surface area contributed by atoms with Crippen LogP contribution in [0.3, 0.4) is 0 Å². The molecular formula is C20H23F3N8O. The molecule has 0 bridgehead atoms. The third-order valence-corrected chi connectivity index (χ3v) is 4.68. The Morgan fingerprint density at radius 1 is 1.31 bits per heavy atom. The van der Waals surface area contributed by atoms with Crippen molar-refractivity contribution in [1.82, 2.24) is 25.0 Å². The summed E-state index contributed by atoms with van der Waals surface area (Å²) in [6, 6.07) is 5.00. The summed E-state index contributed by atoms with van der Waals surface area (Å²) in [5.74, 6) is 1.11. The number of nitrogens with two attached hydrogens (primary N) is 1. The van der Waals surface area contributed by atoms with Gasteiger partial charge < -0.3 is 20.8 Å². The summed E-state index contributed by atoms with van der Waals surface area (Å²) in [6.07, 6.45) is 2.70. The Balaban J connectivity index is 2.16. The van der Waals surface area contributed by atoms with Gasteiger partial charge in [0.25, 0.3) is 0 Å². The van der Waals surface area contributed by atoms with E-state index >= 15 is 0 Å². The van der Waals surface area contributed by atoms with E-state index in [-0.39, 0.29) is 11.6 Å². The average molecular weight is 448 g/mol. The zero-order valence-corrected chi connectivity index (χ0v) is 17.3. The molecular weight excluding hydrogens is 425 g/mol. The Morgan fingerprint density at radius 3 is 2.78 bits per heavy atom. The molecule has 170 valence electrons. The molecule has 2 aromatic heterocycles. The summed E-state index contributed by atoms with van der Waals surface area (Å²) in [4.78, 5) is 6.58. The third kappa shape index (κ3) is 5.72. The van der Waals surface area contributed by atoms with Gasteiger partial charge >= 0.3 is 6.18 Å². The molecule has 0 spiro atoms. The fourth-order valence-electron chi connectivity index (χ4n) is 2.96. The molecule has 1 atom stereocenters. The van der Waals surface area contributed by atoms with Crippen LogP contribution in [0, 0.1) is 5.41 Å². The van der Waals surface area contributed by atoms with Crippen molar-refractivity contribution < 1.29 is 17.9 Å². The summed E-state index contributed by atoms with van der Waals surface area (Å²) in [7, 11) is 0. The number of hydrogen-bond donors (Lipinski definition) is 3. The topological polar surface area (TPSA) is 122 Å². The molecule has 0 unspecified atom stereocenters. The first-order valence-electron chi connectivity index (χ1n) is 9.68. The number of anilines is 1. The lowest BCUT2D eigenvalue weighted by Crippen LogP contribution is -2.44. The molecule has 2 aromatic rings. The predicted octanol–water partition coefficient (Wildman–Crippen LogP) is 2.78. The van der Waals surface area contributed by atoms with Crippen molar-refractivity contribution in [3.05, 3.63) is 60.3 Å². The average Bonchev–Trinajstić information content (AvgIpc) is 3.31. The molecule has 1 fully saturated rings. The van der Waals surface area contributed by atoms with Crippen molar-refractivity contribution in [2.75, 3.05) is 24.7 Å². The molecule has 32 heavy (non-hydrogen) atoms. The number of rotatable bonds is 5. The van der Waals surface area contributed by atoms with Gasteiger partial charge in [0, 0.05) is 25.0 Å². The minimum Gasteiger partial charge on any atom is -0.395 e. The van der Waals surface area contributed by atoms with Crippen molar-refractivity contribution >= 4 is 17.6 Å². The van der Waals surface area contributed by atoms with Crippen molar-refractivity contribution in [1.29, 1.82) is 5.41 Å². The highest BCUT2D eigenvalue weighted by molar-refractivity contribution is 6.08. The maximum absolute atomic E-state index is 12.8. The van der Waals surface area contributed by atoms with E-state index in [2.05, 4.69) is 20.3 Å². The quantitative estimate of drug-likeness (QED) is 0.478. The van der Waals surface area contributed by atoms with Crippen LogP contribution < -0.4 is 10.6 Å². The summed E-state index contributed by atoms with van der Waals surface area (Å²) in [5.41, 5.74) is 4.47. The number of ether oxygens (including phenoxy) is 1. The van der Waals surface area contributed by atoms with Gasteiger partial charge in [0.2, 0.25) is 0 Å². The predicted molar refractivity (Wildman–Crippen MR) is 114 cm³/mol. The molecule has 1 saturated heterocycles. The number of aromatic amines is 1. The molecule has 3 heterocycles. The largest absolute Gasteiger partial charge is 0.430 e. The van der Waals surface area contributed by atoms with Gasteiger partial charge in [-0.25, -0.2) is 9.67 Å². The van der Waals surface area contributed by atoms with Crippen molar-refractivity contribution in [3.8, 4) is 5.82 Å². The lowest BCUT2D eigenvalue weighted by molar-refractivity contribution is -0.0926. The van der Waals surface area contributed by atoms with Gasteiger partial charge in [-0.05, 0) is 36.3 Å². The zero-order chi connectivity index (χ0) is 23.1. The maximum atomic E-state index is 12.8. The molecule has 1 aliphatic heterocycles. The van der Waals surface area contributed by atoms with E-state index in [9.17, 15) is 13.2 Å². The number of hydrogen-bond acceptors (Lipinski definition) is 7. The van der Waals surface area contributed by atoms with Gasteiger partial charge in [0.1, 0.15) is 17.8 Å². The molecule has 3 rings (SSSR count). The molecule has 9 nitrogen and oxygen atoms in total. The number of alkyl halides is 3. The van der Waals surface area contributed by atoms with E-state index in [4.69, 9.17) is 15.9 Å². The van der Waals surface area contributed by atoms with E-state index in [0.717, 1.165) is 18.4 Å². The number of halogens is 3. The molecule has 1 aliphatic rings. The maximum Gasteiger partial charge on any atom is 0.430 e. The van der Waals surface area contributed by atoms with Crippen LogP contribution in [0.25, 0.3) is 11.4 Å². The lowest BCUT2D eigenvalue weighted by atomic mass is 10.1. The van der Waals surface area contributed by atoms with Gasteiger partial charge in [-0.2, -0.15) is 23.4 Å². The molecule has 0 aromatic carbocycles. The van der Waals surface area contributed by atoms with Gasteiger partial charge in [-0.3, -0.25) is 5.10 Å². The lowest BCUT2D eigenvalue weighted by Gasteiger charge is -2.34. The normalized spacial score (nSPS) is 17.8. The molecule has 0 aliphatic carbocycles. The summed E-state index contributed by atoms with van der Waals surface area (Å²) in [5, 5.41) is 18.7. The van der Waals surface area contributed by atoms with Crippen molar-refractivity contribution in [2.24, 2.45) is 5.73 Å². The van der Waals surface area contributed by atoms with Crippen LogP contribution in [0.4, 0.5) is 19.0 Å². The Bertz CT molecular complexity index is 1040. The Hall–Kier alpha value is -3.67. The first-order valence-corrected chi connectivity index (χ1v) is 9.68. The second kappa shape index (κ2) is 10.1. The number of allylic oxidation sites excluding steroid dienone is 4. The van der Waals surface area contributed by atoms with Crippen molar-refractivity contribution in [2.45, 2.75) is 19.1 Å². The van der Waals surface area contributed by atoms with Crippen LogP contribution >= 0.6 is 0 Å². The van der Waals surface area contributed by atoms with Crippen LogP contribution in [0.2, 0.25) is 0 Å². The number of nitrogens with zero attached hydrogens (tertiary/aromatic N) is 5. The fourth-order valence-corrected chi connectivity index (χ4v) is 2.96. The first-order chi connectivity index (χ1) is 15.3. The smallest absolute Gasteiger partial charge is 0.395 e. The molecule has 4 N–H and O–H groups in total. The SMILES string of the molecule is C[C@@H]1COCCN1c1cc(/C(C=N)=C/C=C(\N)C(F)(F)F)ccnn(-c2ccn[nH]2)cn1. The summed E-state index contributed by atoms with van der Waals surface area (Å²) < 4.78 is 45.3. The Labute approximate surface area is 182 Å². The molecule has 0 amide bonds. The van der Waals surface area contributed by atoms with Crippen molar-refractivity contribution in [3.63, 3.8) is 0 Å². The standard InChI is InChI=1S/C20H23F3N8O/c1-14-12-32-9-8-30(14)19-10-15(16(11-24)2-3-17(25)20(21,22)23)4-7-28-31(13-26-19)18-5-6-27-29-18/h2-7,10-11,13-14,24H,8-9,12,25H2,1H3,(H,27,29)/b15-4?,16-2+,17-3-,19-10?,24-11?,26-13?,28-7?/t14-/m1/s1. The Kier molecular flexibility index (Phi) is 7.25. The van der Waals surface area contributed by atoms with Gasteiger partial charge in [0.05, 0.1) is 25.5 Å². The highest BCUT2D eigenvalue weighted by Gasteiger charge is 2.30. The van der Waals surface area contributed by atoms with E-state index in [0.29, 0.717) is 37.0 Å². The highest BCUT2D eigenvalue weighted by Crippen LogP contribution is 2.23. The van der Waals surface area contributed by atoms with E-state index < -0.39 is 11.9 Å². The molecule has 0 radical (unpaired) electrons. The number of H-pyrrole nitrogens is 1. The van der Waals surface area contributed by atoms with Crippen LogP contribution in [0.15, 0.2) is 54.8 Å².